The van der Waals surface area contributed by atoms with Gasteiger partial charge < -0.3 is 5.11 Å². The molecule has 0 saturated carbocycles. The van der Waals surface area contributed by atoms with E-state index in [9.17, 15) is 9.59 Å². The van der Waals surface area contributed by atoms with Gasteiger partial charge in [0.2, 0.25) is 0 Å². The molecule has 12 heavy (non-hydrogen) atoms. The summed E-state index contributed by atoms with van der Waals surface area (Å²) in [4.78, 5) is 21.1. The second-order valence-electron chi connectivity index (χ2n) is 2.23. The summed E-state index contributed by atoms with van der Waals surface area (Å²) in [5.41, 5.74) is 0.206. The number of aliphatic carboxylic acids is 1. The predicted octanol–water partition coefficient (Wildman–Crippen LogP) is -0.435. The SMILES string of the molecule is CC(=O)c1cnnn1CC(=O)O. The molecule has 0 radical (unpaired) electrons. The van der Waals surface area contributed by atoms with Crippen LogP contribution in [-0.2, 0) is 11.3 Å². The number of nitrogens with zero attached hydrogens (tertiary/aromatic N) is 3. The standard InChI is InChI=1S/C6H7N3O3/c1-4(10)5-2-7-8-9(5)3-6(11)12/h2H,3H2,1H3,(H,11,12). The molecule has 0 aromatic carbocycles. The molecule has 6 heteroatoms. The van der Waals surface area contributed by atoms with Crippen molar-refractivity contribution in [3.8, 4) is 0 Å². The highest BCUT2D eigenvalue weighted by molar-refractivity contribution is 5.92. The van der Waals surface area contributed by atoms with Crippen LogP contribution in [0.25, 0.3) is 0 Å². The summed E-state index contributed by atoms with van der Waals surface area (Å²) >= 11 is 0. The van der Waals surface area contributed by atoms with Crippen LogP contribution in [0.2, 0.25) is 0 Å². The maximum Gasteiger partial charge on any atom is 0.325 e. The summed E-state index contributed by atoms with van der Waals surface area (Å²) in [5, 5.41) is 15.3. The molecule has 0 amide bonds. The number of carboxylic acids is 1. The first-order valence-corrected chi connectivity index (χ1v) is 3.22. The Morgan fingerprint density at radius 1 is 1.67 bits per heavy atom. The molecule has 1 rings (SSSR count). The first-order chi connectivity index (χ1) is 5.61. The van der Waals surface area contributed by atoms with Gasteiger partial charge in [0.15, 0.2) is 5.78 Å². The molecule has 0 bridgehead atoms. The Morgan fingerprint density at radius 2 is 2.33 bits per heavy atom. The molecular formula is C6H7N3O3. The zero-order valence-electron chi connectivity index (χ0n) is 6.39. The van der Waals surface area contributed by atoms with Crippen molar-refractivity contribution >= 4 is 11.8 Å². The third-order valence-electron chi connectivity index (χ3n) is 1.26. The van der Waals surface area contributed by atoms with E-state index in [1.54, 1.807) is 0 Å². The van der Waals surface area contributed by atoms with Gasteiger partial charge in [0.05, 0.1) is 6.20 Å². The second-order valence-corrected chi connectivity index (χ2v) is 2.23. The number of ketones is 1. The van der Waals surface area contributed by atoms with Crippen LogP contribution in [0.1, 0.15) is 17.4 Å². The zero-order valence-corrected chi connectivity index (χ0v) is 6.39. The molecule has 0 atom stereocenters. The average molecular weight is 169 g/mol. The Balaban J connectivity index is 2.91. The van der Waals surface area contributed by atoms with Gasteiger partial charge in [0, 0.05) is 6.92 Å². The van der Waals surface area contributed by atoms with Gasteiger partial charge in [-0.25, -0.2) is 4.68 Å². The van der Waals surface area contributed by atoms with Crippen molar-refractivity contribution in [2.45, 2.75) is 13.5 Å². The lowest BCUT2D eigenvalue weighted by molar-refractivity contribution is -0.137. The number of aromatic nitrogens is 3. The van der Waals surface area contributed by atoms with Crippen LogP contribution in [0.5, 0.6) is 0 Å². The fraction of sp³-hybridized carbons (Fsp3) is 0.333. The first kappa shape index (κ1) is 8.38. The van der Waals surface area contributed by atoms with E-state index in [0.29, 0.717) is 0 Å². The fourth-order valence-corrected chi connectivity index (χ4v) is 0.775. The van der Waals surface area contributed by atoms with E-state index in [0.717, 1.165) is 4.68 Å². The highest BCUT2D eigenvalue weighted by Gasteiger charge is 2.10. The van der Waals surface area contributed by atoms with E-state index in [-0.39, 0.29) is 18.0 Å². The molecule has 0 saturated heterocycles. The highest BCUT2D eigenvalue weighted by atomic mass is 16.4. The maximum absolute atomic E-state index is 10.8. The molecule has 6 nitrogen and oxygen atoms in total. The Kier molecular flexibility index (Phi) is 2.18. The predicted molar refractivity (Wildman–Crippen MR) is 37.7 cm³/mol. The Bertz CT molecular complexity index is 318. The van der Waals surface area contributed by atoms with E-state index < -0.39 is 5.97 Å². The molecule has 1 aromatic rings. The van der Waals surface area contributed by atoms with Gasteiger partial charge in [-0.2, -0.15) is 0 Å². The van der Waals surface area contributed by atoms with Crippen molar-refractivity contribution < 1.29 is 14.7 Å². The van der Waals surface area contributed by atoms with E-state index in [1.807, 2.05) is 0 Å². The highest BCUT2D eigenvalue weighted by Crippen LogP contribution is 1.96. The summed E-state index contributed by atoms with van der Waals surface area (Å²) in [6, 6.07) is 0. The molecule has 0 unspecified atom stereocenters. The number of carboxylic acid groups (broad SMARTS) is 1. The Hall–Kier alpha value is -1.72. The molecule has 0 spiro atoms. The fourth-order valence-electron chi connectivity index (χ4n) is 0.775. The van der Waals surface area contributed by atoms with Gasteiger partial charge in [-0.05, 0) is 0 Å². The average Bonchev–Trinajstić information content (AvgIpc) is 2.33. The maximum atomic E-state index is 10.8. The van der Waals surface area contributed by atoms with Crippen molar-refractivity contribution in [1.29, 1.82) is 0 Å². The molecule has 0 aliphatic carbocycles. The second kappa shape index (κ2) is 3.12. The van der Waals surface area contributed by atoms with Crippen LogP contribution < -0.4 is 0 Å². The molecule has 64 valence electrons. The van der Waals surface area contributed by atoms with Gasteiger partial charge in [0.25, 0.3) is 0 Å². The Labute approximate surface area is 67.8 Å². The number of rotatable bonds is 3. The number of hydrogen-bond acceptors (Lipinski definition) is 4. The number of Topliss-reactive ketones (excluding diaryl/α,β-unsaturated/α-hetero) is 1. The van der Waals surface area contributed by atoms with Crippen LogP contribution in [0.15, 0.2) is 6.20 Å². The molecule has 1 heterocycles. The third-order valence-corrected chi connectivity index (χ3v) is 1.26. The molecule has 1 aromatic heterocycles. The van der Waals surface area contributed by atoms with E-state index in [4.69, 9.17) is 5.11 Å². The van der Waals surface area contributed by atoms with Crippen molar-refractivity contribution in [3.63, 3.8) is 0 Å². The zero-order chi connectivity index (χ0) is 9.14. The minimum Gasteiger partial charge on any atom is -0.480 e. The third kappa shape index (κ3) is 1.66. The van der Waals surface area contributed by atoms with Gasteiger partial charge in [-0.3, -0.25) is 9.59 Å². The van der Waals surface area contributed by atoms with Crippen LogP contribution in [-0.4, -0.2) is 31.9 Å². The summed E-state index contributed by atoms with van der Waals surface area (Å²) < 4.78 is 1.05. The lowest BCUT2D eigenvalue weighted by atomic mass is 10.3. The van der Waals surface area contributed by atoms with Crippen molar-refractivity contribution in [1.82, 2.24) is 15.0 Å². The summed E-state index contributed by atoms with van der Waals surface area (Å²) in [5.74, 6) is -1.30. The van der Waals surface area contributed by atoms with Crippen molar-refractivity contribution in [2.75, 3.05) is 0 Å². The van der Waals surface area contributed by atoms with Crippen molar-refractivity contribution in [2.24, 2.45) is 0 Å². The first-order valence-electron chi connectivity index (χ1n) is 3.22. The smallest absolute Gasteiger partial charge is 0.325 e. The lowest BCUT2D eigenvalue weighted by Gasteiger charge is -1.97. The summed E-state index contributed by atoms with van der Waals surface area (Å²) in [6.07, 6.45) is 1.24. The minimum atomic E-state index is -1.05. The minimum absolute atomic E-state index is 0.206. The van der Waals surface area contributed by atoms with E-state index in [2.05, 4.69) is 10.3 Å². The molecule has 0 aliphatic rings. The van der Waals surface area contributed by atoms with Gasteiger partial charge >= 0.3 is 5.97 Å². The van der Waals surface area contributed by atoms with Gasteiger partial charge in [0.1, 0.15) is 12.2 Å². The number of carbonyl (C=O) groups is 2. The topological polar surface area (TPSA) is 85.1 Å². The van der Waals surface area contributed by atoms with Crippen LogP contribution in [0, 0.1) is 0 Å². The molecule has 0 aliphatic heterocycles. The Morgan fingerprint density at radius 3 is 2.83 bits per heavy atom. The number of carbonyl (C=O) groups excluding carboxylic acids is 1. The largest absolute Gasteiger partial charge is 0.480 e. The summed E-state index contributed by atoms with van der Waals surface area (Å²) in [6.45, 7) is 0.992. The van der Waals surface area contributed by atoms with Gasteiger partial charge in [-0.15, -0.1) is 5.10 Å². The molecule has 1 N–H and O–H groups in total. The van der Waals surface area contributed by atoms with E-state index >= 15 is 0 Å². The monoisotopic (exact) mass is 169 g/mol. The van der Waals surface area contributed by atoms with Crippen LogP contribution in [0.4, 0.5) is 0 Å². The van der Waals surface area contributed by atoms with Crippen LogP contribution >= 0.6 is 0 Å². The van der Waals surface area contributed by atoms with Crippen LogP contribution in [0.3, 0.4) is 0 Å². The number of hydrogen-bond donors (Lipinski definition) is 1. The van der Waals surface area contributed by atoms with Crippen molar-refractivity contribution in [3.05, 3.63) is 11.9 Å². The van der Waals surface area contributed by atoms with Gasteiger partial charge in [-0.1, -0.05) is 5.21 Å². The molecular weight excluding hydrogens is 162 g/mol. The summed E-state index contributed by atoms with van der Waals surface area (Å²) in [7, 11) is 0. The lowest BCUT2D eigenvalue weighted by Crippen LogP contribution is -2.14. The molecule has 0 fully saturated rings. The van der Waals surface area contributed by atoms with E-state index in [1.165, 1.54) is 13.1 Å². The normalized spacial score (nSPS) is 9.75. The quantitative estimate of drug-likeness (QED) is 0.620.